The van der Waals surface area contributed by atoms with Crippen LogP contribution in [0.15, 0.2) is 24.3 Å². The van der Waals surface area contributed by atoms with Crippen LogP contribution in [0.25, 0.3) is 0 Å². The molecule has 1 saturated heterocycles. The largest absolute Gasteiger partial charge is 0.274 e. The van der Waals surface area contributed by atoms with Gasteiger partial charge in [0, 0.05) is 12.8 Å². The lowest BCUT2D eigenvalue weighted by Gasteiger charge is -2.42. The fourth-order valence-corrected chi connectivity index (χ4v) is 3.64. The number of amides is 2. The standard InChI is InChI=1S/C17H21NO2/c1-13-5-7-14(8-6-13)18-15(19)11-17(12-16(18)20)9-3-2-4-10-17/h5-8H,2-4,9-12H2,1H3. The van der Waals surface area contributed by atoms with Gasteiger partial charge in [-0.2, -0.15) is 0 Å². The summed E-state index contributed by atoms with van der Waals surface area (Å²) >= 11 is 0. The van der Waals surface area contributed by atoms with Crippen molar-refractivity contribution in [2.24, 2.45) is 5.41 Å². The fraction of sp³-hybridized carbons (Fsp3) is 0.529. The van der Waals surface area contributed by atoms with Crippen LogP contribution in [0.3, 0.4) is 0 Å². The molecule has 1 spiro atoms. The van der Waals surface area contributed by atoms with Gasteiger partial charge in [-0.1, -0.05) is 37.0 Å². The highest BCUT2D eigenvalue weighted by molar-refractivity contribution is 6.17. The van der Waals surface area contributed by atoms with Crippen LogP contribution in [0, 0.1) is 12.3 Å². The first-order chi connectivity index (χ1) is 9.60. The second-order valence-corrected chi connectivity index (χ2v) is 6.37. The zero-order valence-corrected chi connectivity index (χ0v) is 12.0. The van der Waals surface area contributed by atoms with Crippen molar-refractivity contribution in [1.29, 1.82) is 0 Å². The van der Waals surface area contributed by atoms with E-state index in [1.165, 1.54) is 11.3 Å². The highest BCUT2D eigenvalue weighted by atomic mass is 16.2. The maximum Gasteiger partial charge on any atom is 0.234 e. The Balaban J connectivity index is 1.83. The minimum absolute atomic E-state index is 0.0213. The van der Waals surface area contributed by atoms with Crippen molar-refractivity contribution in [2.75, 3.05) is 4.90 Å². The van der Waals surface area contributed by atoms with E-state index in [1.807, 2.05) is 31.2 Å². The number of piperidine rings is 1. The van der Waals surface area contributed by atoms with Crippen molar-refractivity contribution in [3.05, 3.63) is 29.8 Å². The van der Waals surface area contributed by atoms with Gasteiger partial charge in [0.1, 0.15) is 0 Å². The van der Waals surface area contributed by atoms with Gasteiger partial charge in [-0.3, -0.25) is 14.5 Å². The lowest BCUT2D eigenvalue weighted by molar-refractivity contribution is -0.134. The number of hydrogen-bond acceptors (Lipinski definition) is 2. The second-order valence-electron chi connectivity index (χ2n) is 6.37. The van der Waals surface area contributed by atoms with Crippen molar-refractivity contribution in [2.45, 2.75) is 51.9 Å². The molecule has 3 nitrogen and oxygen atoms in total. The van der Waals surface area contributed by atoms with E-state index in [2.05, 4.69) is 0 Å². The number of carbonyl (C=O) groups is 2. The monoisotopic (exact) mass is 271 g/mol. The molecule has 0 aromatic heterocycles. The summed E-state index contributed by atoms with van der Waals surface area (Å²) in [6.07, 6.45) is 6.69. The SMILES string of the molecule is Cc1ccc(N2C(=O)CC3(CCCCC3)CC2=O)cc1. The predicted molar refractivity (Wildman–Crippen MR) is 78.4 cm³/mol. The van der Waals surface area contributed by atoms with Crippen LogP contribution in [0.2, 0.25) is 0 Å². The Morgan fingerprint density at radius 3 is 2.00 bits per heavy atom. The van der Waals surface area contributed by atoms with Gasteiger partial charge in [-0.25, -0.2) is 0 Å². The summed E-state index contributed by atoms with van der Waals surface area (Å²) in [5, 5.41) is 0. The molecule has 0 atom stereocenters. The molecule has 1 aromatic carbocycles. The highest BCUT2D eigenvalue weighted by Gasteiger charge is 2.44. The zero-order chi connectivity index (χ0) is 14.2. The second kappa shape index (κ2) is 5.04. The van der Waals surface area contributed by atoms with Crippen LogP contribution >= 0.6 is 0 Å². The number of anilines is 1. The Morgan fingerprint density at radius 2 is 1.45 bits per heavy atom. The Morgan fingerprint density at radius 1 is 0.900 bits per heavy atom. The number of carbonyl (C=O) groups excluding carboxylic acids is 2. The van der Waals surface area contributed by atoms with Gasteiger partial charge in [0.2, 0.25) is 11.8 Å². The molecule has 0 N–H and O–H groups in total. The average Bonchev–Trinajstić information content (AvgIpc) is 2.41. The molecule has 3 heteroatoms. The lowest BCUT2D eigenvalue weighted by atomic mass is 9.67. The van der Waals surface area contributed by atoms with E-state index in [0.29, 0.717) is 12.8 Å². The minimum Gasteiger partial charge on any atom is -0.274 e. The predicted octanol–water partition coefficient (Wildman–Crippen LogP) is 3.60. The maximum atomic E-state index is 12.5. The summed E-state index contributed by atoms with van der Waals surface area (Å²) < 4.78 is 0. The molecule has 1 aliphatic heterocycles. The maximum absolute atomic E-state index is 12.5. The van der Waals surface area contributed by atoms with Crippen molar-refractivity contribution in [1.82, 2.24) is 0 Å². The lowest BCUT2D eigenvalue weighted by Crippen LogP contribution is -2.48. The van der Waals surface area contributed by atoms with E-state index in [4.69, 9.17) is 0 Å². The molecule has 1 heterocycles. The van der Waals surface area contributed by atoms with E-state index in [9.17, 15) is 9.59 Å². The number of rotatable bonds is 1. The first-order valence-corrected chi connectivity index (χ1v) is 7.52. The van der Waals surface area contributed by atoms with Crippen LogP contribution in [0.5, 0.6) is 0 Å². The summed E-state index contributed by atoms with van der Waals surface area (Å²) in [6, 6.07) is 7.62. The Hall–Kier alpha value is -1.64. The van der Waals surface area contributed by atoms with Crippen LogP contribution in [-0.2, 0) is 9.59 Å². The van der Waals surface area contributed by atoms with Gasteiger partial charge in [0.05, 0.1) is 5.69 Å². The van der Waals surface area contributed by atoms with Crippen LogP contribution < -0.4 is 4.90 Å². The molecular formula is C17H21NO2. The van der Waals surface area contributed by atoms with Gasteiger partial charge in [-0.15, -0.1) is 0 Å². The molecule has 0 unspecified atom stereocenters. The van der Waals surface area contributed by atoms with Crippen LogP contribution in [0.4, 0.5) is 5.69 Å². The topological polar surface area (TPSA) is 37.4 Å². The van der Waals surface area contributed by atoms with E-state index in [-0.39, 0.29) is 17.2 Å². The molecule has 1 saturated carbocycles. The van der Waals surface area contributed by atoms with E-state index < -0.39 is 0 Å². The fourth-order valence-electron chi connectivity index (χ4n) is 3.64. The third-order valence-corrected chi connectivity index (χ3v) is 4.76. The zero-order valence-electron chi connectivity index (χ0n) is 12.0. The smallest absolute Gasteiger partial charge is 0.234 e. The summed E-state index contributed by atoms with van der Waals surface area (Å²) in [6.45, 7) is 2.00. The van der Waals surface area contributed by atoms with E-state index >= 15 is 0 Å². The van der Waals surface area contributed by atoms with Gasteiger partial charge < -0.3 is 0 Å². The Labute approximate surface area is 120 Å². The quantitative estimate of drug-likeness (QED) is 0.732. The Bertz CT molecular complexity index is 506. The molecular weight excluding hydrogens is 250 g/mol. The molecule has 0 radical (unpaired) electrons. The summed E-state index contributed by atoms with van der Waals surface area (Å²) in [5.74, 6) is -0.0426. The highest BCUT2D eigenvalue weighted by Crippen LogP contribution is 2.46. The first-order valence-electron chi connectivity index (χ1n) is 7.52. The first kappa shape index (κ1) is 13.3. The number of hydrogen-bond donors (Lipinski definition) is 0. The molecule has 106 valence electrons. The Kier molecular flexibility index (Phi) is 3.36. The molecule has 3 rings (SSSR count). The van der Waals surface area contributed by atoms with Gasteiger partial charge in [-0.05, 0) is 37.3 Å². The van der Waals surface area contributed by atoms with Gasteiger partial charge in [0.15, 0.2) is 0 Å². The number of imide groups is 1. The van der Waals surface area contributed by atoms with Crippen molar-refractivity contribution >= 4 is 17.5 Å². The molecule has 0 bridgehead atoms. The van der Waals surface area contributed by atoms with Gasteiger partial charge in [0.25, 0.3) is 0 Å². The van der Waals surface area contributed by atoms with Gasteiger partial charge >= 0.3 is 0 Å². The third-order valence-electron chi connectivity index (χ3n) is 4.76. The number of nitrogens with zero attached hydrogens (tertiary/aromatic N) is 1. The summed E-state index contributed by atoms with van der Waals surface area (Å²) in [4.78, 5) is 26.3. The molecule has 1 aliphatic carbocycles. The van der Waals surface area contributed by atoms with E-state index in [1.54, 1.807) is 0 Å². The van der Waals surface area contributed by atoms with Crippen molar-refractivity contribution in [3.63, 3.8) is 0 Å². The van der Waals surface area contributed by atoms with Crippen molar-refractivity contribution in [3.8, 4) is 0 Å². The van der Waals surface area contributed by atoms with Crippen LogP contribution in [0.1, 0.15) is 50.5 Å². The molecule has 2 fully saturated rings. The molecule has 1 aromatic rings. The molecule has 2 amide bonds. The molecule has 20 heavy (non-hydrogen) atoms. The van der Waals surface area contributed by atoms with Crippen LogP contribution in [-0.4, -0.2) is 11.8 Å². The third kappa shape index (κ3) is 2.37. The number of benzene rings is 1. The average molecular weight is 271 g/mol. The summed E-state index contributed by atoms with van der Waals surface area (Å²) in [5.41, 5.74) is 1.82. The normalized spacial score (nSPS) is 22.4. The van der Waals surface area contributed by atoms with E-state index in [0.717, 1.165) is 36.9 Å². The number of aryl methyl sites for hydroxylation is 1. The van der Waals surface area contributed by atoms with Crippen molar-refractivity contribution < 1.29 is 9.59 Å². The molecule has 2 aliphatic rings. The summed E-state index contributed by atoms with van der Waals surface area (Å²) in [7, 11) is 0. The minimum atomic E-state index is -0.0341.